The van der Waals surface area contributed by atoms with E-state index in [9.17, 15) is 9.18 Å². The molecule has 0 bridgehead atoms. The number of Topliss-reactive ketones (excluding diaryl/α,β-unsaturated/α-hetero) is 1. The van der Waals surface area contributed by atoms with Crippen LogP contribution in [0.4, 0.5) is 4.39 Å². The van der Waals surface area contributed by atoms with Gasteiger partial charge >= 0.3 is 0 Å². The van der Waals surface area contributed by atoms with Gasteiger partial charge in [-0.1, -0.05) is 30.9 Å². The molecule has 3 heteroatoms. The Morgan fingerprint density at radius 2 is 1.94 bits per heavy atom. The number of ketones is 1. The number of carbonyl (C=O) groups excluding carboxylic acids is 1. The fourth-order valence-electron chi connectivity index (χ4n) is 2.27. The monoisotopic (exact) mass is 240 g/mol. The second-order valence-corrected chi connectivity index (χ2v) is 4.73. The molecule has 1 aromatic rings. The predicted molar refractivity (Wildman–Crippen MR) is 62.3 cm³/mol. The van der Waals surface area contributed by atoms with E-state index >= 15 is 0 Å². The number of benzene rings is 1. The van der Waals surface area contributed by atoms with Crippen LogP contribution in [0.25, 0.3) is 0 Å². The van der Waals surface area contributed by atoms with Gasteiger partial charge < -0.3 is 0 Å². The molecule has 0 radical (unpaired) electrons. The molecule has 1 saturated carbocycles. The van der Waals surface area contributed by atoms with E-state index in [1.54, 1.807) is 0 Å². The Balaban J connectivity index is 2.19. The summed E-state index contributed by atoms with van der Waals surface area (Å²) in [4.78, 5) is 12.1. The number of hydrogen-bond acceptors (Lipinski definition) is 1. The molecule has 0 amide bonds. The van der Waals surface area contributed by atoms with Gasteiger partial charge in [-0.3, -0.25) is 4.79 Å². The predicted octanol–water partition coefficient (Wildman–Crippen LogP) is 4.24. The summed E-state index contributed by atoms with van der Waals surface area (Å²) in [5, 5.41) is 0.232. The van der Waals surface area contributed by atoms with E-state index in [0.717, 1.165) is 25.7 Å². The van der Waals surface area contributed by atoms with E-state index in [1.807, 2.05) is 0 Å². The average Bonchev–Trinajstić information content (AvgIpc) is 2.29. The second-order valence-electron chi connectivity index (χ2n) is 4.32. The summed E-state index contributed by atoms with van der Waals surface area (Å²) in [6.07, 6.45) is 5.30. The SMILES string of the molecule is O=C(c1ccc(F)cc1Cl)C1CCCCC1. The Kier molecular flexibility index (Phi) is 3.59. The third kappa shape index (κ3) is 2.43. The van der Waals surface area contributed by atoms with Gasteiger partial charge in [-0.25, -0.2) is 4.39 Å². The highest BCUT2D eigenvalue weighted by Gasteiger charge is 2.23. The van der Waals surface area contributed by atoms with Gasteiger partial charge in [0.15, 0.2) is 5.78 Å². The molecule has 0 N–H and O–H groups in total. The first kappa shape index (κ1) is 11.6. The molecule has 2 rings (SSSR count). The third-order valence-electron chi connectivity index (χ3n) is 3.17. The van der Waals surface area contributed by atoms with E-state index in [-0.39, 0.29) is 16.7 Å². The van der Waals surface area contributed by atoms with Crippen LogP contribution in [0, 0.1) is 11.7 Å². The zero-order valence-electron chi connectivity index (χ0n) is 9.01. The molecular weight excluding hydrogens is 227 g/mol. The van der Waals surface area contributed by atoms with Crippen LogP contribution >= 0.6 is 11.6 Å². The molecular formula is C13H14ClFO. The Hall–Kier alpha value is -0.890. The van der Waals surface area contributed by atoms with Gasteiger partial charge in [-0.15, -0.1) is 0 Å². The standard InChI is InChI=1S/C13H14ClFO/c14-12-8-10(15)6-7-11(12)13(16)9-4-2-1-3-5-9/h6-9H,1-5H2. The van der Waals surface area contributed by atoms with E-state index in [0.29, 0.717) is 5.56 Å². The molecule has 1 nitrogen and oxygen atoms in total. The number of hydrogen-bond donors (Lipinski definition) is 0. The first-order chi connectivity index (χ1) is 7.68. The summed E-state index contributed by atoms with van der Waals surface area (Å²) in [7, 11) is 0. The van der Waals surface area contributed by atoms with Crippen LogP contribution < -0.4 is 0 Å². The molecule has 1 aromatic carbocycles. The lowest BCUT2D eigenvalue weighted by Gasteiger charge is -2.20. The van der Waals surface area contributed by atoms with Crippen molar-refractivity contribution in [2.45, 2.75) is 32.1 Å². The van der Waals surface area contributed by atoms with Crippen molar-refractivity contribution in [2.75, 3.05) is 0 Å². The summed E-state index contributed by atoms with van der Waals surface area (Å²) in [5.74, 6) is -0.244. The fourth-order valence-corrected chi connectivity index (χ4v) is 2.53. The van der Waals surface area contributed by atoms with Gasteiger partial charge in [0.25, 0.3) is 0 Å². The van der Waals surface area contributed by atoms with Gasteiger partial charge in [0.05, 0.1) is 5.02 Å². The first-order valence-electron chi connectivity index (χ1n) is 5.68. The lowest BCUT2D eigenvalue weighted by Crippen LogP contribution is -2.18. The normalized spacial score (nSPS) is 17.4. The zero-order chi connectivity index (χ0) is 11.5. The van der Waals surface area contributed by atoms with Crippen molar-refractivity contribution in [3.63, 3.8) is 0 Å². The second kappa shape index (κ2) is 4.96. The highest BCUT2D eigenvalue weighted by molar-refractivity contribution is 6.34. The zero-order valence-corrected chi connectivity index (χ0v) is 9.77. The molecule has 0 unspecified atom stereocenters. The highest BCUT2D eigenvalue weighted by Crippen LogP contribution is 2.29. The summed E-state index contributed by atoms with van der Waals surface area (Å²) in [6, 6.07) is 3.99. The van der Waals surface area contributed by atoms with Crippen LogP contribution in [0.5, 0.6) is 0 Å². The van der Waals surface area contributed by atoms with Crippen molar-refractivity contribution in [2.24, 2.45) is 5.92 Å². The van der Waals surface area contributed by atoms with Gasteiger partial charge in [-0.2, -0.15) is 0 Å². The Labute approximate surface area is 99.6 Å². The molecule has 1 fully saturated rings. The van der Waals surface area contributed by atoms with Crippen molar-refractivity contribution in [1.29, 1.82) is 0 Å². The molecule has 0 spiro atoms. The van der Waals surface area contributed by atoms with Gasteiger partial charge in [0, 0.05) is 11.5 Å². The quantitative estimate of drug-likeness (QED) is 0.707. The smallest absolute Gasteiger partial charge is 0.167 e. The molecule has 0 heterocycles. The largest absolute Gasteiger partial charge is 0.294 e. The lowest BCUT2D eigenvalue weighted by molar-refractivity contribution is 0.0889. The molecule has 0 aliphatic heterocycles. The van der Waals surface area contributed by atoms with Crippen LogP contribution in [0.15, 0.2) is 18.2 Å². The topological polar surface area (TPSA) is 17.1 Å². The maximum atomic E-state index is 12.9. The minimum atomic E-state index is -0.398. The minimum absolute atomic E-state index is 0.0738. The van der Waals surface area contributed by atoms with Crippen LogP contribution in [-0.4, -0.2) is 5.78 Å². The van der Waals surface area contributed by atoms with E-state index in [2.05, 4.69) is 0 Å². The minimum Gasteiger partial charge on any atom is -0.294 e. The van der Waals surface area contributed by atoms with Crippen LogP contribution in [-0.2, 0) is 0 Å². The van der Waals surface area contributed by atoms with E-state index < -0.39 is 5.82 Å². The van der Waals surface area contributed by atoms with Crippen molar-refractivity contribution >= 4 is 17.4 Å². The average molecular weight is 241 g/mol. The number of rotatable bonds is 2. The van der Waals surface area contributed by atoms with Gasteiger partial charge in [-0.05, 0) is 31.0 Å². The molecule has 16 heavy (non-hydrogen) atoms. The molecule has 1 aliphatic carbocycles. The van der Waals surface area contributed by atoms with E-state index in [4.69, 9.17) is 11.6 Å². The Morgan fingerprint density at radius 1 is 1.25 bits per heavy atom. The van der Waals surface area contributed by atoms with Crippen LogP contribution in [0.3, 0.4) is 0 Å². The fraction of sp³-hybridized carbons (Fsp3) is 0.462. The summed E-state index contributed by atoms with van der Waals surface area (Å²) >= 11 is 5.88. The first-order valence-corrected chi connectivity index (χ1v) is 6.05. The van der Waals surface area contributed by atoms with Crippen LogP contribution in [0.1, 0.15) is 42.5 Å². The van der Waals surface area contributed by atoms with Gasteiger partial charge in [0.2, 0.25) is 0 Å². The maximum absolute atomic E-state index is 12.9. The van der Waals surface area contributed by atoms with Crippen LogP contribution in [0.2, 0.25) is 5.02 Å². The van der Waals surface area contributed by atoms with Gasteiger partial charge in [0.1, 0.15) is 5.82 Å². The Bertz CT molecular complexity index is 397. The molecule has 0 saturated heterocycles. The molecule has 0 atom stereocenters. The molecule has 86 valence electrons. The Morgan fingerprint density at radius 3 is 2.56 bits per heavy atom. The molecule has 1 aliphatic rings. The number of carbonyl (C=O) groups is 1. The van der Waals surface area contributed by atoms with Crippen molar-refractivity contribution < 1.29 is 9.18 Å². The number of halogens is 2. The maximum Gasteiger partial charge on any atom is 0.167 e. The summed E-state index contributed by atoms with van der Waals surface area (Å²) < 4.78 is 12.9. The molecule has 0 aromatic heterocycles. The van der Waals surface area contributed by atoms with E-state index in [1.165, 1.54) is 24.6 Å². The summed E-state index contributed by atoms with van der Waals surface area (Å²) in [5.41, 5.74) is 0.468. The van der Waals surface area contributed by atoms with Crippen molar-refractivity contribution in [1.82, 2.24) is 0 Å². The van der Waals surface area contributed by atoms with Crippen molar-refractivity contribution in [3.05, 3.63) is 34.6 Å². The lowest BCUT2D eigenvalue weighted by atomic mass is 9.84. The highest BCUT2D eigenvalue weighted by atomic mass is 35.5. The third-order valence-corrected chi connectivity index (χ3v) is 3.49. The van der Waals surface area contributed by atoms with Crippen molar-refractivity contribution in [3.8, 4) is 0 Å². The summed E-state index contributed by atoms with van der Waals surface area (Å²) in [6.45, 7) is 0.